The maximum atomic E-state index is 9.56. The lowest BCUT2D eigenvalue weighted by molar-refractivity contribution is 0.156. The molecule has 1 saturated heterocycles. The van der Waals surface area contributed by atoms with E-state index in [9.17, 15) is 5.11 Å². The van der Waals surface area contributed by atoms with Gasteiger partial charge in [-0.1, -0.05) is 13.3 Å². The van der Waals surface area contributed by atoms with Crippen molar-refractivity contribution >= 4 is 0 Å². The van der Waals surface area contributed by atoms with Crippen LogP contribution in [0.4, 0.5) is 0 Å². The van der Waals surface area contributed by atoms with Gasteiger partial charge in [-0.05, 0) is 58.0 Å². The molecule has 106 valence electrons. The van der Waals surface area contributed by atoms with Gasteiger partial charge in [0.2, 0.25) is 0 Å². The Morgan fingerprint density at radius 3 is 2.67 bits per heavy atom. The maximum absolute atomic E-state index is 9.56. The van der Waals surface area contributed by atoms with Crippen LogP contribution in [0.3, 0.4) is 0 Å². The Labute approximate surface area is 112 Å². The van der Waals surface area contributed by atoms with Gasteiger partial charge in [0.25, 0.3) is 0 Å². The Kier molecular flexibility index (Phi) is 5.05. The zero-order valence-electron chi connectivity index (χ0n) is 12.1. The minimum atomic E-state index is -0.0505. The summed E-state index contributed by atoms with van der Waals surface area (Å²) in [5.74, 6) is 0.929. The molecule has 1 heterocycles. The van der Waals surface area contributed by atoms with E-state index in [2.05, 4.69) is 24.1 Å². The monoisotopic (exact) mass is 254 g/mol. The van der Waals surface area contributed by atoms with Crippen LogP contribution in [0, 0.1) is 5.92 Å². The highest BCUT2D eigenvalue weighted by atomic mass is 16.3. The molecule has 1 aliphatic heterocycles. The molecule has 2 atom stereocenters. The number of hydrogen-bond acceptors (Lipinski definition) is 3. The minimum Gasteiger partial charge on any atom is -0.394 e. The van der Waals surface area contributed by atoms with E-state index in [0.29, 0.717) is 6.04 Å². The first-order chi connectivity index (χ1) is 8.65. The summed E-state index contributed by atoms with van der Waals surface area (Å²) in [4.78, 5) is 2.60. The Morgan fingerprint density at radius 2 is 2.11 bits per heavy atom. The molecule has 18 heavy (non-hydrogen) atoms. The molecule has 3 heteroatoms. The summed E-state index contributed by atoms with van der Waals surface area (Å²) in [6, 6.07) is 0.679. The van der Waals surface area contributed by atoms with Crippen LogP contribution < -0.4 is 5.32 Å². The standard InChI is InChI=1S/C15H30N2O/c1-3-13-7-10-17(11-13)9-4-8-15(2,12-18)16-14-5-6-14/h13-14,16,18H,3-12H2,1-2H3. The van der Waals surface area contributed by atoms with Crippen LogP contribution in [0.15, 0.2) is 0 Å². The molecule has 0 aromatic carbocycles. The second kappa shape index (κ2) is 6.36. The molecular formula is C15H30N2O. The molecule has 2 aliphatic rings. The van der Waals surface area contributed by atoms with E-state index in [1.165, 1.54) is 51.7 Å². The van der Waals surface area contributed by atoms with Gasteiger partial charge in [0, 0.05) is 18.1 Å². The minimum absolute atomic E-state index is 0.0505. The van der Waals surface area contributed by atoms with E-state index in [4.69, 9.17) is 0 Å². The van der Waals surface area contributed by atoms with Gasteiger partial charge in [0.05, 0.1) is 6.61 Å². The van der Waals surface area contributed by atoms with Crippen molar-refractivity contribution in [2.75, 3.05) is 26.2 Å². The number of likely N-dealkylation sites (tertiary alicyclic amines) is 1. The number of nitrogens with one attached hydrogen (secondary N) is 1. The lowest BCUT2D eigenvalue weighted by Gasteiger charge is -2.30. The van der Waals surface area contributed by atoms with Crippen LogP contribution in [-0.4, -0.2) is 47.8 Å². The SMILES string of the molecule is CCC1CCN(CCCC(C)(CO)NC2CC2)C1. The molecule has 1 saturated carbocycles. The summed E-state index contributed by atoms with van der Waals surface area (Å²) in [6.45, 7) is 8.52. The van der Waals surface area contributed by atoms with Gasteiger partial charge in [0.1, 0.15) is 0 Å². The Hall–Kier alpha value is -0.120. The first-order valence-electron chi connectivity index (χ1n) is 7.76. The van der Waals surface area contributed by atoms with Crippen LogP contribution in [0.5, 0.6) is 0 Å². The van der Waals surface area contributed by atoms with Crippen molar-refractivity contribution in [3.63, 3.8) is 0 Å². The van der Waals surface area contributed by atoms with Gasteiger partial charge in [-0.3, -0.25) is 0 Å². The molecule has 0 bridgehead atoms. The lowest BCUT2D eigenvalue weighted by atomic mass is 9.96. The van der Waals surface area contributed by atoms with Gasteiger partial charge in [-0.25, -0.2) is 0 Å². The molecule has 3 nitrogen and oxygen atoms in total. The molecule has 0 aromatic heterocycles. The van der Waals surface area contributed by atoms with E-state index < -0.39 is 0 Å². The molecule has 1 aliphatic carbocycles. The fraction of sp³-hybridized carbons (Fsp3) is 1.00. The topological polar surface area (TPSA) is 35.5 Å². The predicted molar refractivity (Wildman–Crippen MR) is 75.7 cm³/mol. The van der Waals surface area contributed by atoms with Gasteiger partial charge < -0.3 is 15.3 Å². The highest BCUT2D eigenvalue weighted by Crippen LogP contribution is 2.25. The molecule has 0 amide bonds. The summed E-state index contributed by atoms with van der Waals surface area (Å²) in [7, 11) is 0. The molecule has 2 rings (SSSR count). The van der Waals surface area contributed by atoms with E-state index in [0.717, 1.165) is 12.3 Å². The largest absolute Gasteiger partial charge is 0.394 e. The van der Waals surface area contributed by atoms with Gasteiger partial charge in [-0.2, -0.15) is 0 Å². The van der Waals surface area contributed by atoms with Gasteiger partial charge in [0.15, 0.2) is 0 Å². The van der Waals surface area contributed by atoms with Crippen LogP contribution in [0.25, 0.3) is 0 Å². The Bertz CT molecular complexity index is 255. The summed E-state index contributed by atoms with van der Waals surface area (Å²) < 4.78 is 0. The van der Waals surface area contributed by atoms with Crippen LogP contribution >= 0.6 is 0 Å². The van der Waals surface area contributed by atoms with E-state index in [-0.39, 0.29) is 12.1 Å². The second-order valence-electron chi connectivity index (χ2n) is 6.60. The first-order valence-corrected chi connectivity index (χ1v) is 7.76. The average molecular weight is 254 g/mol. The number of aliphatic hydroxyl groups excluding tert-OH is 1. The van der Waals surface area contributed by atoms with Crippen molar-refractivity contribution in [3.05, 3.63) is 0 Å². The highest BCUT2D eigenvalue weighted by Gasteiger charge is 2.31. The third-order valence-electron chi connectivity index (χ3n) is 4.63. The van der Waals surface area contributed by atoms with Crippen molar-refractivity contribution in [2.45, 2.75) is 64.0 Å². The van der Waals surface area contributed by atoms with E-state index in [1.807, 2.05) is 0 Å². The number of nitrogens with zero attached hydrogens (tertiary/aromatic N) is 1. The lowest BCUT2D eigenvalue weighted by Crippen LogP contribution is -2.47. The second-order valence-corrected chi connectivity index (χ2v) is 6.60. The average Bonchev–Trinajstić information content (AvgIpc) is 3.05. The Balaban J connectivity index is 1.64. The van der Waals surface area contributed by atoms with Crippen LogP contribution in [0.1, 0.15) is 52.4 Å². The van der Waals surface area contributed by atoms with Crippen LogP contribution in [-0.2, 0) is 0 Å². The molecule has 0 aromatic rings. The molecular weight excluding hydrogens is 224 g/mol. The summed E-state index contributed by atoms with van der Waals surface area (Å²) in [5, 5.41) is 13.2. The highest BCUT2D eigenvalue weighted by molar-refractivity contribution is 4.92. The third-order valence-corrected chi connectivity index (χ3v) is 4.63. The third kappa shape index (κ3) is 4.22. The number of aliphatic hydroxyl groups is 1. The van der Waals surface area contributed by atoms with Crippen molar-refractivity contribution in [2.24, 2.45) is 5.92 Å². The predicted octanol–water partition coefficient (Wildman–Crippen LogP) is 2.00. The smallest absolute Gasteiger partial charge is 0.0610 e. The zero-order valence-corrected chi connectivity index (χ0v) is 12.1. The quantitative estimate of drug-likeness (QED) is 0.695. The molecule has 2 unspecified atom stereocenters. The van der Waals surface area contributed by atoms with Gasteiger partial charge >= 0.3 is 0 Å². The summed E-state index contributed by atoms with van der Waals surface area (Å²) >= 11 is 0. The number of rotatable bonds is 8. The van der Waals surface area contributed by atoms with Gasteiger partial charge in [-0.15, -0.1) is 0 Å². The van der Waals surface area contributed by atoms with Crippen molar-refractivity contribution in [1.29, 1.82) is 0 Å². The van der Waals surface area contributed by atoms with E-state index >= 15 is 0 Å². The summed E-state index contributed by atoms with van der Waals surface area (Å²) in [5.41, 5.74) is -0.0505. The molecule has 0 spiro atoms. The fourth-order valence-corrected chi connectivity index (χ4v) is 3.06. The fourth-order valence-electron chi connectivity index (χ4n) is 3.06. The van der Waals surface area contributed by atoms with Crippen molar-refractivity contribution < 1.29 is 5.11 Å². The molecule has 2 fully saturated rings. The molecule has 0 radical (unpaired) electrons. The number of hydrogen-bond donors (Lipinski definition) is 2. The van der Waals surface area contributed by atoms with Crippen molar-refractivity contribution in [1.82, 2.24) is 10.2 Å². The van der Waals surface area contributed by atoms with Crippen molar-refractivity contribution in [3.8, 4) is 0 Å². The first kappa shape index (κ1) is 14.3. The maximum Gasteiger partial charge on any atom is 0.0610 e. The molecule has 2 N–H and O–H groups in total. The normalized spacial score (nSPS) is 28.5. The Morgan fingerprint density at radius 1 is 1.33 bits per heavy atom. The summed E-state index contributed by atoms with van der Waals surface area (Å²) in [6.07, 6.45) is 7.59. The zero-order chi connectivity index (χ0) is 13.0. The van der Waals surface area contributed by atoms with Crippen LogP contribution in [0.2, 0.25) is 0 Å². The van der Waals surface area contributed by atoms with E-state index in [1.54, 1.807) is 0 Å².